The molecule has 152 valence electrons. The number of rotatable bonds is 9. The van der Waals surface area contributed by atoms with Crippen molar-refractivity contribution in [1.29, 1.82) is 0 Å². The number of carbonyl (C=O) groups is 1. The second-order valence-corrected chi connectivity index (χ2v) is 8.37. The van der Waals surface area contributed by atoms with Crippen LogP contribution in [0.25, 0.3) is 5.76 Å². The van der Waals surface area contributed by atoms with Crippen LogP contribution in [0.3, 0.4) is 0 Å². The molecule has 0 aliphatic rings. The summed E-state index contributed by atoms with van der Waals surface area (Å²) in [5.74, 6) is -0.492. The third kappa shape index (κ3) is 4.82. The molecule has 0 aliphatic carbocycles. The summed E-state index contributed by atoms with van der Waals surface area (Å²) in [4.78, 5) is 19.2. The molecule has 0 aliphatic heterocycles. The van der Waals surface area contributed by atoms with Gasteiger partial charge < -0.3 is 14.6 Å². The minimum Gasteiger partial charge on any atom is -0.503 e. The summed E-state index contributed by atoms with van der Waals surface area (Å²) in [7, 11) is -3.02. The lowest BCUT2D eigenvalue weighted by Crippen LogP contribution is -2.09. The molecule has 0 amide bonds. The average Bonchev–Trinajstić information content (AvgIpc) is 3.15. The molecule has 2 aromatic heterocycles. The summed E-state index contributed by atoms with van der Waals surface area (Å²) in [6, 6.07) is 0. The van der Waals surface area contributed by atoms with Gasteiger partial charge in [0.05, 0.1) is 18.8 Å². The van der Waals surface area contributed by atoms with Crippen LogP contribution < -0.4 is 0 Å². The van der Waals surface area contributed by atoms with E-state index in [1.54, 1.807) is 0 Å². The quantitative estimate of drug-likeness (QED) is 0.120. The summed E-state index contributed by atoms with van der Waals surface area (Å²) < 4.78 is 32.8. The number of ketones is 1. The zero-order valence-electron chi connectivity index (χ0n) is 16.3. The molecule has 9 heteroatoms. The molecule has 4 nitrogen and oxygen atoms in total. The standard InChI is InChI=1S/C19H23BF2I2N2O2/c1-5-10-12(7-3)18(23)25-16(10)14(27)9-15(28-20(21)22)17-11(6-2)13(8-4)19(24)26-17/h9,25-26H,5-8H2,1-4H3/b15-9+. The van der Waals surface area contributed by atoms with Crippen LogP contribution >= 0.6 is 45.2 Å². The van der Waals surface area contributed by atoms with Crippen LogP contribution in [0, 0.1) is 7.40 Å². The van der Waals surface area contributed by atoms with E-state index in [2.05, 4.69) is 55.1 Å². The number of nitrogens with one attached hydrogen (secondary N) is 2. The molecule has 2 heterocycles. The number of hydrogen-bond acceptors (Lipinski definition) is 2. The third-order valence-electron chi connectivity index (χ3n) is 4.72. The fraction of sp³-hybridized carbons (Fsp3) is 0.421. The van der Waals surface area contributed by atoms with E-state index >= 15 is 0 Å². The molecule has 0 fully saturated rings. The SMILES string of the molecule is CCc1c(I)[nH]c(C(=O)/C=C(/OB(F)F)c2[nH]c(I)c(CC)c2CC)c1CC. The highest BCUT2D eigenvalue weighted by Gasteiger charge is 2.26. The minimum absolute atomic E-state index is 0.126. The van der Waals surface area contributed by atoms with Gasteiger partial charge in [-0.1, -0.05) is 27.7 Å². The fourth-order valence-electron chi connectivity index (χ4n) is 3.48. The molecule has 2 rings (SSSR count). The first-order valence-electron chi connectivity index (χ1n) is 9.28. The Morgan fingerprint density at radius 1 is 0.893 bits per heavy atom. The van der Waals surface area contributed by atoms with E-state index in [1.807, 2.05) is 27.7 Å². The van der Waals surface area contributed by atoms with Gasteiger partial charge in [0.1, 0.15) is 5.76 Å². The maximum atomic E-state index is 13.1. The van der Waals surface area contributed by atoms with E-state index in [0.29, 0.717) is 24.2 Å². The molecule has 0 bridgehead atoms. The molecule has 2 N–H and O–H groups in total. The first-order valence-corrected chi connectivity index (χ1v) is 11.4. The van der Waals surface area contributed by atoms with Crippen molar-refractivity contribution in [1.82, 2.24) is 9.97 Å². The van der Waals surface area contributed by atoms with Crippen LogP contribution in [0.15, 0.2) is 6.08 Å². The molecule has 0 aromatic carbocycles. The molecule has 0 saturated carbocycles. The number of H-pyrrole nitrogens is 2. The molecule has 2 aromatic rings. The van der Waals surface area contributed by atoms with Crippen LogP contribution in [0.1, 0.15) is 66.1 Å². The van der Waals surface area contributed by atoms with E-state index in [9.17, 15) is 13.4 Å². The van der Waals surface area contributed by atoms with Crippen LogP contribution in [0.5, 0.6) is 0 Å². The molecule has 0 atom stereocenters. The van der Waals surface area contributed by atoms with Crippen molar-refractivity contribution in [3.8, 4) is 0 Å². The lowest BCUT2D eigenvalue weighted by Gasteiger charge is -2.10. The van der Waals surface area contributed by atoms with E-state index in [-0.39, 0.29) is 11.5 Å². The predicted octanol–water partition coefficient (Wildman–Crippen LogP) is 5.97. The molecule has 0 spiro atoms. The fourth-order valence-corrected chi connectivity index (χ4v) is 5.43. The highest BCUT2D eigenvalue weighted by molar-refractivity contribution is 14.1. The molecule has 0 saturated heterocycles. The van der Waals surface area contributed by atoms with Crippen LogP contribution in [-0.4, -0.2) is 23.2 Å². The highest BCUT2D eigenvalue weighted by Crippen LogP contribution is 2.30. The van der Waals surface area contributed by atoms with Gasteiger partial charge in [-0.3, -0.25) is 4.79 Å². The maximum absolute atomic E-state index is 13.1. The first-order chi connectivity index (χ1) is 13.3. The van der Waals surface area contributed by atoms with Crippen molar-refractivity contribution in [2.75, 3.05) is 0 Å². The Hall–Kier alpha value is -0.845. The van der Waals surface area contributed by atoms with E-state index in [0.717, 1.165) is 42.5 Å². The van der Waals surface area contributed by atoms with Crippen molar-refractivity contribution in [3.05, 3.63) is 47.1 Å². The van der Waals surface area contributed by atoms with Crippen molar-refractivity contribution in [3.63, 3.8) is 0 Å². The lowest BCUT2D eigenvalue weighted by atomic mass is 10.0. The van der Waals surface area contributed by atoms with Gasteiger partial charge in [0.15, 0.2) is 0 Å². The Bertz CT molecular complexity index is 891. The number of halogens is 4. The largest absolute Gasteiger partial charge is 0.796 e. The van der Waals surface area contributed by atoms with Gasteiger partial charge in [0.2, 0.25) is 5.78 Å². The monoisotopic (exact) mass is 614 g/mol. The zero-order chi connectivity index (χ0) is 21.0. The second-order valence-electron chi connectivity index (χ2n) is 6.21. The van der Waals surface area contributed by atoms with Gasteiger partial charge in [-0.15, -0.1) is 0 Å². The van der Waals surface area contributed by atoms with Gasteiger partial charge in [-0.25, -0.2) is 8.63 Å². The van der Waals surface area contributed by atoms with Gasteiger partial charge in [-0.2, -0.15) is 0 Å². The number of aromatic nitrogens is 2. The van der Waals surface area contributed by atoms with Crippen molar-refractivity contribution >= 4 is 64.2 Å². The molecule has 0 radical (unpaired) electrons. The highest BCUT2D eigenvalue weighted by atomic mass is 127. The van der Waals surface area contributed by atoms with Crippen molar-refractivity contribution in [2.45, 2.75) is 53.4 Å². The van der Waals surface area contributed by atoms with Gasteiger partial charge in [0, 0.05) is 6.08 Å². The molecule has 28 heavy (non-hydrogen) atoms. The normalized spacial score (nSPS) is 11.8. The summed E-state index contributed by atoms with van der Waals surface area (Å²) >= 11 is 4.31. The Balaban J connectivity index is 2.59. The van der Waals surface area contributed by atoms with Gasteiger partial charge in [-0.05, 0) is 93.1 Å². The van der Waals surface area contributed by atoms with Crippen LogP contribution in [0.4, 0.5) is 8.63 Å². The Morgan fingerprint density at radius 2 is 1.32 bits per heavy atom. The second kappa shape index (κ2) is 10.3. The van der Waals surface area contributed by atoms with E-state index in [4.69, 9.17) is 4.65 Å². The number of allylic oxidation sites excluding steroid dienone is 1. The van der Waals surface area contributed by atoms with Gasteiger partial charge >= 0.3 is 7.47 Å². The lowest BCUT2D eigenvalue weighted by molar-refractivity contribution is 0.104. The Kier molecular flexibility index (Phi) is 8.59. The summed E-state index contributed by atoms with van der Waals surface area (Å²) in [5.41, 5.74) is 4.87. The average molecular weight is 614 g/mol. The van der Waals surface area contributed by atoms with Gasteiger partial charge in [0.25, 0.3) is 0 Å². The molecular weight excluding hydrogens is 591 g/mol. The number of hydrogen-bond donors (Lipinski definition) is 2. The summed E-state index contributed by atoms with van der Waals surface area (Å²) in [6.45, 7) is 7.98. The van der Waals surface area contributed by atoms with Crippen LogP contribution in [0.2, 0.25) is 0 Å². The van der Waals surface area contributed by atoms with E-state index < -0.39 is 7.47 Å². The summed E-state index contributed by atoms with van der Waals surface area (Å²) in [6.07, 6.45) is 4.07. The third-order valence-corrected chi connectivity index (χ3v) is 6.56. The Morgan fingerprint density at radius 3 is 1.75 bits per heavy atom. The maximum Gasteiger partial charge on any atom is 0.796 e. The van der Waals surface area contributed by atoms with E-state index in [1.165, 1.54) is 6.08 Å². The van der Waals surface area contributed by atoms with Crippen LogP contribution in [-0.2, 0) is 30.3 Å². The minimum atomic E-state index is -3.02. The molecule has 0 unspecified atom stereocenters. The smallest absolute Gasteiger partial charge is 0.503 e. The Labute approximate surface area is 191 Å². The first kappa shape index (κ1) is 23.4. The zero-order valence-corrected chi connectivity index (χ0v) is 20.6. The van der Waals surface area contributed by atoms with Crippen molar-refractivity contribution in [2.24, 2.45) is 0 Å². The molecular formula is C19H23BF2I2N2O2. The van der Waals surface area contributed by atoms with Crippen molar-refractivity contribution < 1.29 is 18.1 Å². The number of aromatic amines is 2. The topological polar surface area (TPSA) is 57.9 Å². The predicted molar refractivity (Wildman–Crippen MR) is 126 cm³/mol. The summed E-state index contributed by atoms with van der Waals surface area (Å²) in [5, 5.41) is 0. The number of carbonyl (C=O) groups excluding carboxylic acids is 1.